The molecule has 0 unspecified atom stereocenters. The Hall–Kier alpha value is -3.54. The first kappa shape index (κ1) is 34.0. The van der Waals surface area contributed by atoms with Gasteiger partial charge in [0.05, 0.1) is 24.8 Å². The number of methoxy groups -OCH3 is 2. The van der Waals surface area contributed by atoms with Gasteiger partial charge >= 0.3 is 0 Å². The van der Waals surface area contributed by atoms with E-state index in [0.29, 0.717) is 29.3 Å². The maximum absolute atomic E-state index is 14.1. The lowest BCUT2D eigenvalue weighted by Crippen LogP contribution is -2.52. The van der Waals surface area contributed by atoms with Crippen molar-refractivity contribution < 1.29 is 31.9 Å². The summed E-state index contributed by atoms with van der Waals surface area (Å²) in [6, 6.07) is 12.5. The largest absolute Gasteiger partial charge is 0.493 e. The minimum atomic E-state index is -4.42. The summed E-state index contributed by atoms with van der Waals surface area (Å²) in [7, 11) is -1.64. The molecule has 0 bridgehead atoms. The number of nitrogens with one attached hydrogen (secondary N) is 1. The number of carbonyl (C=O) groups excluding carboxylic acids is 2. The predicted molar refractivity (Wildman–Crippen MR) is 165 cm³/mol. The van der Waals surface area contributed by atoms with E-state index in [4.69, 9.17) is 32.7 Å². The minimum absolute atomic E-state index is 0.0393. The van der Waals surface area contributed by atoms with Gasteiger partial charge in [-0.25, -0.2) is 12.8 Å². The number of halogens is 3. The number of hydrogen-bond donors (Lipinski definition) is 1. The summed E-state index contributed by atoms with van der Waals surface area (Å²) in [5.41, 5.74) is 0.551. The third-order valence-electron chi connectivity index (χ3n) is 6.63. The van der Waals surface area contributed by atoms with Crippen LogP contribution in [0.5, 0.6) is 11.5 Å². The van der Waals surface area contributed by atoms with E-state index in [0.717, 1.165) is 16.4 Å². The summed E-state index contributed by atoms with van der Waals surface area (Å²) in [5.74, 6) is -1.19. The summed E-state index contributed by atoms with van der Waals surface area (Å²) in [4.78, 5) is 28.4. The average Bonchev–Trinajstić information content (AvgIpc) is 2.99. The van der Waals surface area contributed by atoms with Gasteiger partial charge in [0.1, 0.15) is 18.4 Å². The number of ether oxygens (including phenoxy) is 2. The Kier molecular flexibility index (Phi) is 12.1. The Bertz CT molecular complexity index is 1540. The van der Waals surface area contributed by atoms with Crippen LogP contribution < -0.4 is 19.1 Å². The molecule has 3 aromatic carbocycles. The highest BCUT2D eigenvalue weighted by Crippen LogP contribution is 2.33. The van der Waals surface area contributed by atoms with Gasteiger partial charge in [-0.1, -0.05) is 43.1 Å². The van der Waals surface area contributed by atoms with Crippen LogP contribution in [0.1, 0.15) is 32.3 Å². The molecular weight excluding hydrogens is 620 g/mol. The van der Waals surface area contributed by atoms with Crippen LogP contribution in [0.2, 0.25) is 10.0 Å². The van der Waals surface area contributed by atoms with Gasteiger partial charge in [-0.2, -0.15) is 0 Å². The van der Waals surface area contributed by atoms with Crippen LogP contribution in [0.4, 0.5) is 10.1 Å². The molecule has 3 aromatic rings. The first-order valence-corrected chi connectivity index (χ1v) is 15.7. The van der Waals surface area contributed by atoms with Gasteiger partial charge in [-0.3, -0.25) is 13.9 Å². The molecule has 3 rings (SSSR count). The third kappa shape index (κ3) is 8.31. The van der Waals surface area contributed by atoms with Crippen LogP contribution >= 0.6 is 23.2 Å². The van der Waals surface area contributed by atoms with Gasteiger partial charge in [-0.15, -0.1) is 0 Å². The molecule has 0 aliphatic carbocycles. The van der Waals surface area contributed by atoms with Crippen LogP contribution in [0.3, 0.4) is 0 Å². The molecule has 1 N–H and O–H groups in total. The van der Waals surface area contributed by atoms with E-state index in [1.54, 1.807) is 19.1 Å². The van der Waals surface area contributed by atoms with Crippen molar-refractivity contribution in [3.63, 3.8) is 0 Å². The second-order valence-corrected chi connectivity index (χ2v) is 12.2. The van der Waals surface area contributed by atoms with Gasteiger partial charge in [0.15, 0.2) is 11.5 Å². The summed E-state index contributed by atoms with van der Waals surface area (Å²) in [6.07, 6.45) is 0.923. The molecule has 0 radical (unpaired) electrons. The number of sulfonamides is 1. The molecule has 0 aromatic heterocycles. The van der Waals surface area contributed by atoms with Crippen LogP contribution in [0.15, 0.2) is 65.6 Å². The monoisotopic (exact) mass is 653 g/mol. The van der Waals surface area contributed by atoms with E-state index in [-0.39, 0.29) is 40.2 Å². The number of amides is 2. The first-order valence-electron chi connectivity index (χ1n) is 13.5. The van der Waals surface area contributed by atoms with Crippen molar-refractivity contribution in [2.75, 3.05) is 31.6 Å². The number of carbonyl (C=O) groups is 2. The summed E-state index contributed by atoms with van der Waals surface area (Å²) in [5, 5.41) is 3.48. The second kappa shape index (κ2) is 15.3. The highest BCUT2D eigenvalue weighted by molar-refractivity contribution is 7.92. The zero-order chi connectivity index (χ0) is 31.7. The van der Waals surface area contributed by atoms with Gasteiger partial charge in [0.2, 0.25) is 11.8 Å². The molecule has 0 saturated heterocycles. The molecule has 9 nitrogen and oxygen atoms in total. The molecule has 0 spiro atoms. The predicted octanol–water partition coefficient (Wildman–Crippen LogP) is 5.68. The zero-order valence-corrected chi connectivity index (χ0v) is 26.6. The van der Waals surface area contributed by atoms with E-state index in [1.807, 2.05) is 6.92 Å². The number of hydrogen-bond acceptors (Lipinski definition) is 6. The highest BCUT2D eigenvalue weighted by atomic mass is 35.5. The lowest BCUT2D eigenvalue weighted by Gasteiger charge is -2.33. The summed E-state index contributed by atoms with van der Waals surface area (Å²) < 4.78 is 53.3. The molecule has 0 aliphatic rings. The molecule has 232 valence electrons. The maximum atomic E-state index is 14.1. The van der Waals surface area contributed by atoms with Gasteiger partial charge in [-0.05, 0) is 66.9 Å². The topological polar surface area (TPSA) is 105 Å². The lowest BCUT2D eigenvalue weighted by atomic mass is 10.1. The minimum Gasteiger partial charge on any atom is -0.493 e. The standard InChI is InChI=1S/C30H34Cl2FN3O6S/c1-5-15-34-30(38)26(6-2)35(18-20-7-8-21(31)16-25(20)32)29(37)19-36(23-11-9-22(33)10-12-23)43(39,40)24-13-14-27(41-3)28(17-24)42-4/h7-14,16-17,26H,5-6,15,18-19H2,1-4H3,(H,34,38)/t26-/m1/s1. The van der Waals surface area contributed by atoms with Crippen molar-refractivity contribution in [1.82, 2.24) is 10.2 Å². The number of rotatable bonds is 14. The molecule has 43 heavy (non-hydrogen) atoms. The van der Waals surface area contributed by atoms with Crippen molar-refractivity contribution in [3.8, 4) is 11.5 Å². The Morgan fingerprint density at radius 3 is 2.21 bits per heavy atom. The van der Waals surface area contributed by atoms with E-state index in [2.05, 4.69) is 5.32 Å². The first-order chi connectivity index (χ1) is 20.5. The molecule has 0 fully saturated rings. The summed E-state index contributed by atoms with van der Waals surface area (Å²) in [6.45, 7) is 3.25. The fourth-order valence-electron chi connectivity index (χ4n) is 4.36. The van der Waals surface area contributed by atoms with Gasteiger partial charge in [0, 0.05) is 29.2 Å². The summed E-state index contributed by atoms with van der Waals surface area (Å²) >= 11 is 12.5. The molecule has 2 amide bonds. The Morgan fingerprint density at radius 1 is 0.953 bits per heavy atom. The van der Waals surface area contributed by atoms with E-state index < -0.39 is 34.3 Å². The Labute approximate surface area is 261 Å². The number of benzene rings is 3. The van der Waals surface area contributed by atoms with E-state index in [1.165, 1.54) is 55.5 Å². The molecular formula is C30H34Cl2FN3O6S. The second-order valence-electron chi connectivity index (χ2n) is 9.48. The third-order valence-corrected chi connectivity index (χ3v) is 8.98. The molecule has 1 atom stereocenters. The van der Waals surface area contributed by atoms with Crippen molar-refractivity contribution in [3.05, 3.63) is 82.1 Å². The zero-order valence-electron chi connectivity index (χ0n) is 24.3. The van der Waals surface area contributed by atoms with Crippen LogP contribution in [0, 0.1) is 5.82 Å². The quantitative estimate of drug-likeness (QED) is 0.240. The van der Waals surface area contributed by atoms with Crippen molar-refractivity contribution in [2.45, 2.75) is 44.2 Å². The fourth-order valence-corrected chi connectivity index (χ4v) is 6.26. The van der Waals surface area contributed by atoms with Crippen LogP contribution in [0.25, 0.3) is 0 Å². The van der Waals surface area contributed by atoms with E-state index in [9.17, 15) is 22.4 Å². The average molecular weight is 655 g/mol. The van der Waals surface area contributed by atoms with Gasteiger partial charge < -0.3 is 19.7 Å². The molecule has 13 heteroatoms. The fraction of sp³-hybridized carbons (Fsp3) is 0.333. The smallest absolute Gasteiger partial charge is 0.264 e. The number of anilines is 1. The SMILES string of the molecule is CCCNC(=O)[C@@H](CC)N(Cc1ccc(Cl)cc1Cl)C(=O)CN(c1ccc(F)cc1)S(=O)(=O)c1ccc(OC)c(OC)c1. The highest BCUT2D eigenvalue weighted by Gasteiger charge is 2.34. The van der Waals surface area contributed by atoms with Crippen molar-refractivity contribution >= 4 is 50.7 Å². The van der Waals surface area contributed by atoms with Crippen molar-refractivity contribution in [2.24, 2.45) is 0 Å². The molecule has 0 saturated carbocycles. The Balaban J connectivity index is 2.11. The number of nitrogens with zero attached hydrogens (tertiary/aromatic N) is 2. The molecule has 0 heterocycles. The van der Waals surface area contributed by atoms with Gasteiger partial charge in [0.25, 0.3) is 10.0 Å². The van der Waals surface area contributed by atoms with Crippen LogP contribution in [-0.2, 0) is 26.2 Å². The normalized spacial score (nSPS) is 11.9. The lowest BCUT2D eigenvalue weighted by molar-refractivity contribution is -0.140. The Morgan fingerprint density at radius 2 is 1.63 bits per heavy atom. The maximum Gasteiger partial charge on any atom is 0.264 e. The molecule has 0 aliphatic heterocycles. The van der Waals surface area contributed by atoms with E-state index >= 15 is 0 Å². The van der Waals surface area contributed by atoms with Crippen molar-refractivity contribution in [1.29, 1.82) is 0 Å². The van der Waals surface area contributed by atoms with Crippen LogP contribution in [-0.4, -0.2) is 58.5 Å².